The van der Waals surface area contributed by atoms with E-state index in [0.29, 0.717) is 24.6 Å². The molecule has 0 radical (unpaired) electrons. The molecule has 2 aliphatic carbocycles. The van der Waals surface area contributed by atoms with E-state index in [-0.39, 0.29) is 60.9 Å². The molecule has 55 heavy (non-hydrogen) atoms. The van der Waals surface area contributed by atoms with E-state index in [1.165, 1.54) is 26.5 Å². The maximum atomic E-state index is 15.0. The molecule has 4 amide bonds. The number of methoxy groups -OCH3 is 2. The lowest BCUT2D eigenvalue weighted by Crippen LogP contribution is -2.59. The minimum atomic E-state index is -4.85. The van der Waals surface area contributed by atoms with Crippen molar-refractivity contribution in [1.29, 1.82) is 0 Å². The van der Waals surface area contributed by atoms with Gasteiger partial charge in [0.25, 0.3) is 12.3 Å². The van der Waals surface area contributed by atoms with Crippen molar-refractivity contribution in [1.82, 2.24) is 25.2 Å². The zero-order valence-electron chi connectivity index (χ0n) is 30.6. The molecular weight excluding hydrogens is 751 g/mol. The van der Waals surface area contributed by atoms with Crippen molar-refractivity contribution in [2.75, 3.05) is 20.8 Å². The first-order chi connectivity index (χ1) is 26.0. The summed E-state index contributed by atoms with van der Waals surface area (Å²) in [5.74, 6) is -4.62. The smallest absolute Gasteiger partial charge is 0.405 e. The van der Waals surface area contributed by atoms with Gasteiger partial charge in [-0.15, -0.1) is 0 Å². The van der Waals surface area contributed by atoms with Gasteiger partial charge in [-0.05, 0) is 62.5 Å². The molecule has 6 rings (SSSR count). The second kappa shape index (κ2) is 15.0. The number of halogens is 3. The molecule has 4 aliphatic rings. The van der Waals surface area contributed by atoms with Gasteiger partial charge in [-0.2, -0.15) is 0 Å². The Morgan fingerprint density at radius 2 is 1.80 bits per heavy atom. The van der Waals surface area contributed by atoms with E-state index in [4.69, 9.17) is 14.2 Å². The summed E-state index contributed by atoms with van der Waals surface area (Å²) < 4.78 is 84.9. The summed E-state index contributed by atoms with van der Waals surface area (Å²) in [5.41, 5.74) is -1.85. The first-order valence-electron chi connectivity index (χ1n) is 18.0. The maximum absolute atomic E-state index is 15.0. The fourth-order valence-corrected chi connectivity index (χ4v) is 9.26. The largest absolute Gasteiger partial charge is 0.494 e. The monoisotopic (exact) mass is 795 g/mol. The molecular formula is C36H44F3N5O10S. The van der Waals surface area contributed by atoms with Crippen LogP contribution in [0.1, 0.15) is 58.8 Å². The van der Waals surface area contributed by atoms with Crippen LogP contribution in [0.2, 0.25) is 0 Å². The number of fused-ring (bicyclic) bond motifs is 3. The third-order valence-corrected chi connectivity index (χ3v) is 13.3. The number of hydrogen-bond donors (Lipinski definition) is 4. The van der Waals surface area contributed by atoms with Gasteiger partial charge in [0.2, 0.25) is 27.7 Å². The standard InChI is InChI=1S/C36H44F3N5O10S/c1-18-7-5-6-8-20-15-36(20,33(47)43-55(50,51)35(9-10-35)32(38)39)42-29(45)25-12-21(17-44(25)31(46)28(19(2)11-18)41-34(48)49)54-30-23-13-24(37)26(52-3)14-22(23)27(53-4)16-40-30/h6,8,13-14,16,18-21,25,28,32,41H,5,7,9-12,15,17H2,1-4H3,(H,42,45)(H,43,47)(H,48,49)/t18-,19-,20-,21-,25+,28+,36-/m1/s1. The number of aromatic nitrogens is 1. The number of nitrogens with one attached hydrogen (secondary N) is 3. The summed E-state index contributed by atoms with van der Waals surface area (Å²) in [6.45, 7) is 3.40. The highest BCUT2D eigenvalue weighted by atomic mass is 32.2. The number of hydrogen-bond acceptors (Lipinski definition) is 10. The molecule has 3 fully saturated rings. The quantitative estimate of drug-likeness (QED) is 0.271. The summed E-state index contributed by atoms with van der Waals surface area (Å²) in [5, 5.41) is 15.3. The summed E-state index contributed by atoms with van der Waals surface area (Å²) in [4.78, 5) is 59.9. The molecule has 19 heteroatoms. The Hall–Kier alpha value is -4.81. The van der Waals surface area contributed by atoms with Crippen LogP contribution in [-0.4, -0.2) is 103 Å². The molecule has 1 aromatic carbocycles. The van der Waals surface area contributed by atoms with E-state index in [1.54, 1.807) is 19.1 Å². The predicted molar refractivity (Wildman–Crippen MR) is 190 cm³/mol. The number of nitrogens with zero attached hydrogens (tertiary/aromatic N) is 2. The number of alkyl halides is 2. The Balaban J connectivity index is 1.36. The minimum Gasteiger partial charge on any atom is -0.494 e. The van der Waals surface area contributed by atoms with Gasteiger partial charge in [0.15, 0.2) is 16.3 Å². The van der Waals surface area contributed by atoms with E-state index in [2.05, 4.69) is 15.6 Å². The lowest BCUT2D eigenvalue weighted by molar-refractivity contribution is -0.142. The van der Waals surface area contributed by atoms with Gasteiger partial charge in [0.05, 0.1) is 32.3 Å². The first kappa shape index (κ1) is 39.9. The number of carbonyl (C=O) groups is 4. The van der Waals surface area contributed by atoms with Crippen molar-refractivity contribution in [3.8, 4) is 17.4 Å². The van der Waals surface area contributed by atoms with E-state index < -0.39 is 86.4 Å². The number of ether oxygens (including phenoxy) is 3. The Kier molecular flexibility index (Phi) is 10.9. The molecule has 4 N–H and O–H groups in total. The minimum absolute atomic E-state index is 0.0100. The summed E-state index contributed by atoms with van der Waals surface area (Å²) >= 11 is 0. The van der Waals surface area contributed by atoms with Crippen molar-refractivity contribution in [3.63, 3.8) is 0 Å². The van der Waals surface area contributed by atoms with Crippen LogP contribution in [0.25, 0.3) is 10.8 Å². The van der Waals surface area contributed by atoms with E-state index in [1.807, 2.05) is 11.6 Å². The molecule has 0 spiro atoms. The van der Waals surface area contributed by atoms with Crippen LogP contribution in [-0.2, 0) is 24.4 Å². The van der Waals surface area contributed by atoms with Crippen molar-refractivity contribution in [2.45, 2.75) is 93.7 Å². The Bertz CT molecular complexity index is 2010. The molecule has 2 saturated carbocycles. The van der Waals surface area contributed by atoms with E-state index >= 15 is 0 Å². The van der Waals surface area contributed by atoms with Gasteiger partial charge >= 0.3 is 6.09 Å². The molecule has 1 aromatic heterocycles. The number of carbonyl (C=O) groups excluding carboxylic acids is 3. The number of benzene rings is 1. The van der Waals surface area contributed by atoms with Crippen molar-refractivity contribution in [3.05, 3.63) is 36.3 Å². The number of rotatable bonds is 9. The molecule has 2 aromatic rings. The third-order valence-electron chi connectivity index (χ3n) is 11.2. The molecule has 3 heterocycles. The second-order valence-electron chi connectivity index (χ2n) is 15.0. The molecule has 300 valence electrons. The van der Waals surface area contributed by atoms with Gasteiger partial charge in [-0.3, -0.25) is 19.1 Å². The topological polar surface area (TPSA) is 203 Å². The normalized spacial score (nSPS) is 29.3. The second-order valence-corrected chi connectivity index (χ2v) is 17.0. The lowest BCUT2D eigenvalue weighted by Gasteiger charge is -2.32. The summed E-state index contributed by atoms with van der Waals surface area (Å²) in [6.07, 6.45) is -0.231. The van der Waals surface area contributed by atoms with Crippen LogP contribution in [0.15, 0.2) is 30.5 Å². The van der Waals surface area contributed by atoms with Gasteiger partial charge in [-0.1, -0.05) is 26.0 Å². The van der Waals surface area contributed by atoms with E-state index in [9.17, 15) is 45.9 Å². The maximum Gasteiger partial charge on any atom is 0.405 e. The number of pyridine rings is 1. The van der Waals surface area contributed by atoms with Gasteiger partial charge in [0, 0.05) is 17.7 Å². The fourth-order valence-electron chi connectivity index (χ4n) is 7.75. The molecule has 0 unspecified atom stereocenters. The van der Waals surface area contributed by atoms with E-state index in [0.717, 1.165) is 11.0 Å². The zero-order valence-corrected chi connectivity index (χ0v) is 31.5. The van der Waals surface area contributed by atoms with Gasteiger partial charge in [0.1, 0.15) is 29.5 Å². The number of amides is 4. The molecule has 15 nitrogen and oxygen atoms in total. The molecule has 7 atom stereocenters. The predicted octanol–water partition coefficient (Wildman–Crippen LogP) is 3.51. The van der Waals surface area contributed by atoms with Crippen molar-refractivity contribution >= 4 is 44.6 Å². The van der Waals surface area contributed by atoms with Crippen molar-refractivity contribution < 1.29 is 60.1 Å². The number of sulfonamides is 1. The van der Waals surface area contributed by atoms with Gasteiger partial charge < -0.3 is 34.9 Å². The lowest BCUT2D eigenvalue weighted by atomic mass is 9.88. The van der Waals surface area contributed by atoms with Crippen LogP contribution in [0.4, 0.5) is 18.0 Å². The summed E-state index contributed by atoms with van der Waals surface area (Å²) in [6, 6.07) is -0.140. The SMILES string of the molecule is COc1cc2c(OC)cnc(O[C@@H]3C[C@H]4C(=O)N[C@]5(C(=O)NS(=O)(=O)C6(C(F)F)CC6)C[C@H]5C=CCC[C@@H](C)C[C@@H](C)[C@H](NC(=O)O)C(=O)N4C3)c2cc1F. The van der Waals surface area contributed by atoms with Crippen LogP contribution in [0.5, 0.6) is 17.4 Å². The van der Waals surface area contributed by atoms with Crippen molar-refractivity contribution in [2.24, 2.45) is 17.8 Å². The highest BCUT2D eigenvalue weighted by Crippen LogP contribution is 2.50. The highest BCUT2D eigenvalue weighted by Gasteiger charge is 2.66. The Morgan fingerprint density at radius 1 is 1.09 bits per heavy atom. The fraction of sp³-hybridized carbons (Fsp3) is 0.583. The Morgan fingerprint density at radius 3 is 2.44 bits per heavy atom. The van der Waals surface area contributed by atoms with Gasteiger partial charge in [-0.25, -0.2) is 31.4 Å². The number of allylic oxidation sites excluding steroid dienone is 1. The summed E-state index contributed by atoms with van der Waals surface area (Å²) in [7, 11) is -2.15. The molecule has 2 aliphatic heterocycles. The highest BCUT2D eigenvalue weighted by molar-refractivity contribution is 7.91. The first-order valence-corrected chi connectivity index (χ1v) is 19.5. The zero-order chi connectivity index (χ0) is 40.0. The molecule has 0 bridgehead atoms. The Labute approximate surface area is 315 Å². The van der Waals surface area contributed by atoms with Crippen LogP contribution < -0.4 is 29.6 Å². The van der Waals surface area contributed by atoms with Crippen LogP contribution in [0, 0.1) is 23.6 Å². The third kappa shape index (κ3) is 7.58. The average Bonchev–Trinajstić information content (AvgIpc) is 4.03. The number of carboxylic acid groups (broad SMARTS) is 1. The molecule has 1 saturated heterocycles. The average molecular weight is 796 g/mol. The van der Waals surface area contributed by atoms with Crippen LogP contribution in [0.3, 0.4) is 0 Å². The van der Waals surface area contributed by atoms with Crippen LogP contribution >= 0.6 is 0 Å².